The van der Waals surface area contributed by atoms with Crippen molar-refractivity contribution in [2.45, 2.75) is 13.5 Å². The van der Waals surface area contributed by atoms with Gasteiger partial charge in [0.25, 0.3) is 0 Å². The van der Waals surface area contributed by atoms with Gasteiger partial charge in [-0.1, -0.05) is 66.2 Å². The van der Waals surface area contributed by atoms with E-state index in [1.807, 2.05) is 0 Å². The normalized spacial score (nSPS) is 11.4. The maximum atomic E-state index is 2.20. The maximum absolute atomic E-state index is 2.20. The van der Waals surface area contributed by atoms with E-state index in [1.165, 1.54) is 22.3 Å². The molecular weight excluding hydrogens is 230 g/mol. The number of hydrogen-bond donors (Lipinski definition) is 0. The molecule has 0 unspecified atom stereocenters. The average molecular weight is 251 g/mol. The predicted molar refractivity (Wildman–Crippen MR) is 83.9 cm³/mol. The van der Waals surface area contributed by atoms with E-state index in [9.17, 15) is 0 Å². The van der Waals surface area contributed by atoms with Gasteiger partial charge >= 0.3 is 0 Å². The number of aryl methyl sites for hydroxylation is 1. The second kappa shape index (κ2) is 6.35. The molecule has 1 heteroatoms. The minimum absolute atomic E-state index is 0.967. The molecule has 0 spiro atoms. The van der Waals surface area contributed by atoms with Crippen LogP contribution in [0.3, 0.4) is 0 Å². The standard InChI is InChI=1S/C18H21N/c1-15-8-10-16(11-9-15)12-13-17-6-4-5-7-18(17)14-19(2)3/h4-13H,14H2,1-3H3/b13-12-. The zero-order valence-corrected chi connectivity index (χ0v) is 11.9. The van der Waals surface area contributed by atoms with Crippen molar-refractivity contribution in [3.05, 3.63) is 70.8 Å². The quantitative estimate of drug-likeness (QED) is 0.735. The highest BCUT2D eigenvalue weighted by Gasteiger charge is 1.99. The van der Waals surface area contributed by atoms with Crippen LogP contribution in [0.25, 0.3) is 12.2 Å². The summed E-state index contributed by atoms with van der Waals surface area (Å²) in [5.74, 6) is 0. The van der Waals surface area contributed by atoms with Crippen molar-refractivity contribution in [3.63, 3.8) is 0 Å². The highest BCUT2D eigenvalue weighted by Crippen LogP contribution is 2.15. The number of benzene rings is 2. The van der Waals surface area contributed by atoms with Crippen LogP contribution < -0.4 is 0 Å². The Kier molecular flexibility index (Phi) is 4.53. The molecule has 2 rings (SSSR count). The molecule has 0 radical (unpaired) electrons. The second-order valence-corrected chi connectivity index (χ2v) is 5.18. The molecule has 0 atom stereocenters. The van der Waals surface area contributed by atoms with E-state index < -0.39 is 0 Å². The number of rotatable bonds is 4. The summed E-state index contributed by atoms with van der Waals surface area (Å²) in [6.07, 6.45) is 4.37. The lowest BCUT2D eigenvalue weighted by atomic mass is 10.1. The van der Waals surface area contributed by atoms with E-state index in [1.54, 1.807) is 0 Å². The Morgan fingerprint density at radius 2 is 1.58 bits per heavy atom. The van der Waals surface area contributed by atoms with Crippen molar-refractivity contribution in [1.82, 2.24) is 4.90 Å². The zero-order valence-electron chi connectivity index (χ0n) is 11.9. The van der Waals surface area contributed by atoms with Crippen LogP contribution in [0, 0.1) is 6.92 Å². The Morgan fingerprint density at radius 1 is 0.895 bits per heavy atom. The number of nitrogens with zero attached hydrogens (tertiary/aromatic N) is 1. The van der Waals surface area contributed by atoms with E-state index in [0.29, 0.717) is 0 Å². The Labute approximate surface area is 116 Å². The third-order valence-corrected chi connectivity index (χ3v) is 3.07. The molecular formula is C18H21N. The fourth-order valence-electron chi connectivity index (χ4n) is 2.05. The van der Waals surface area contributed by atoms with E-state index in [2.05, 4.69) is 86.6 Å². The van der Waals surface area contributed by atoms with E-state index in [-0.39, 0.29) is 0 Å². The van der Waals surface area contributed by atoms with Gasteiger partial charge in [-0.2, -0.15) is 0 Å². The molecule has 0 aliphatic carbocycles. The first-order chi connectivity index (χ1) is 9.15. The monoisotopic (exact) mass is 251 g/mol. The molecule has 0 amide bonds. The summed E-state index contributed by atoms with van der Waals surface area (Å²) in [7, 11) is 4.20. The molecule has 0 heterocycles. The topological polar surface area (TPSA) is 3.24 Å². The highest BCUT2D eigenvalue weighted by atomic mass is 15.0. The van der Waals surface area contributed by atoms with Gasteiger partial charge in [0, 0.05) is 6.54 Å². The Hall–Kier alpha value is -1.86. The number of hydrogen-bond acceptors (Lipinski definition) is 1. The first-order valence-corrected chi connectivity index (χ1v) is 6.62. The van der Waals surface area contributed by atoms with Gasteiger partial charge in [-0.05, 0) is 37.7 Å². The van der Waals surface area contributed by atoms with Gasteiger partial charge in [-0.15, -0.1) is 0 Å². The van der Waals surface area contributed by atoms with Crippen LogP contribution in [0.4, 0.5) is 0 Å². The SMILES string of the molecule is Cc1ccc(/C=C\c2ccccc2CN(C)C)cc1. The van der Waals surface area contributed by atoms with Crippen LogP contribution in [0.1, 0.15) is 22.3 Å². The van der Waals surface area contributed by atoms with Crippen molar-refractivity contribution < 1.29 is 0 Å². The summed E-state index contributed by atoms with van der Waals surface area (Å²) in [6.45, 7) is 3.08. The van der Waals surface area contributed by atoms with Crippen molar-refractivity contribution >= 4 is 12.2 Å². The Morgan fingerprint density at radius 3 is 2.26 bits per heavy atom. The summed E-state index contributed by atoms with van der Waals surface area (Å²) in [6, 6.07) is 17.1. The molecule has 0 saturated carbocycles. The van der Waals surface area contributed by atoms with Crippen molar-refractivity contribution in [2.24, 2.45) is 0 Å². The first-order valence-electron chi connectivity index (χ1n) is 6.62. The largest absolute Gasteiger partial charge is 0.305 e. The van der Waals surface area contributed by atoms with Crippen LogP contribution in [-0.4, -0.2) is 19.0 Å². The lowest BCUT2D eigenvalue weighted by Crippen LogP contribution is -2.11. The molecule has 0 fully saturated rings. The van der Waals surface area contributed by atoms with Crippen molar-refractivity contribution in [2.75, 3.05) is 14.1 Å². The molecule has 0 aliphatic heterocycles. The minimum atomic E-state index is 0.967. The average Bonchev–Trinajstić information content (AvgIpc) is 2.39. The van der Waals surface area contributed by atoms with Gasteiger partial charge in [0.2, 0.25) is 0 Å². The molecule has 19 heavy (non-hydrogen) atoms. The lowest BCUT2D eigenvalue weighted by Gasteiger charge is -2.12. The fraction of sp³-hybridized carbons (Fsp3) is 0.222. The third kappa shape index (κ3) is 4.08. The van der Waals surface area contributed by atoms with Crippen LogP contribution in [-0.2, 0) is 6.54 Å². The van der Waals surface area contributed by atoms with E-state index >= 15 is 0 Å². The molecule has 0 bridgehead atoms. The predicted octanol–water partition coefficient (Wildman–Crippen LogP) is 4.23. The highest BCUT2D eigenvalue weighted by molar-refractivity contribution is 5.71. The third-order valence-electron chi connectivity index (χ3n) is 3.07. The summed E-state index contributed by atoms with van der Waals surface area (Å²) >= 11 is 0. The van der Waals surface area contributed by atoms with Gasteiger partial charge in [0.15, 0.2) is 0 Å². The molecule has 0 saturated heterocycles. The van der Waals surface area contributed by atoms with Crippen LogP contribution >= 0.6 is 0 Å². The summed E-state index contributed by atoms with van der Waals surface area (Å²) < 4.78 is 0. The lowest BCUT2D eigenvalue weighted by molar-refractivity contribution is 0.402. The minimum Gasteiger partial charge on any atom is -0.305 e. The van der Waals surface area contributed by atoms with E-state index in [0.717, 1.165) is 6.54 Å². The van der Waals surface area contributed by atoms with Gasteiger partial charge in [-0.25, -0.2) is 0 Å². The molecule has 0 aliphatic rings. The van der Waals surface area contributed by atoms with Gasteiger partial charge < -0.3 is 4.90 Å². The van der Waals surface area contributed by atoms with Gasteiger partial charge in [0.05, 0.1) is 0 Å². The zero-order chi connectivity index (χ0) is 13.7. The Bertz CT molecular complexity index is 550. The molecule has 2 aromatic rings. The van der Waals surface area contributed by atoms with E-state index in [4.69, 9.17) is 0 Å². The molecule has 0 N–H and O–H groups in total. The smallest absolute Gasteiger partial charge is 0.0233 e. The summed E-state index contributed by atoms with van der Waals surface area (Å²) in [5, 5.41) is 0. The molecule has 2 aromatic carbocycles. The van der Waals surface area contributed by atoms with Crippen LogP contribution in [0.2, 0.25) is 0 Å². The molecule has 1 nitrogen and oxygen atoms in total. The van der Waals surface area contributed by atoms with Gasteiger partial charge in [-0.3, -0.25) is 0 Å². The van der Waals surface area contributed by atoms with Crippen molar-refractivity contribution in [1.29, 1.82) is 0 Å². The second-order valence-electron chi connectivity index (χ2n) is 5.18. The first kappa shape index (κ1) is 13.6. The molecule has 0 aromatic heterocycles. The molecule has 98 valence electrons. The summed E-state index contributed by atoms with van der Waals surface area (Å²) in [5.41, 5.74) is 5.18. The Balaban J connectivity index is 2.20. The van der Waals surface area contributed by atoms with Crippen molar-refractivity contribution in [3.8, 4) is 0 Å². The van der Waals surface area contributed by atoms with Gasteiger partial charge in [0.1, 0.15) is 0 Å². The fourth-order valence-corrected chi connectivity index (χ4v) is 2.05. The maximum Gasteiger partial charge on any atom is 0.0233 e. The van der Waals surface area contributed by atoms with Crippen LogP contribution in [0.5, 0.6) is 0 Å². The van der Waals surface area contributed by atoms with Crippen LogP contribution in [0.15, 0.2) is 48.5 Å². The summed E-state index contributed by atoms with van der Waals surface area (Å²) in [4.78, 5) is 2.19.